The molecule has 4 heterocycles. The third kappa shape index (κ3) is 2.56. The zero-order valence-corrected chi connectivity index (χ0v) is 15.4. The Morgan fingerprint density at radius 2 is 1.97 bits per heavy atom. The van der Waals surface area contributed by atoms with Gasteiger partial charge in [0, 0.05) is 40.4 Å². The van der Waals surface area contributed by atoms with Crippen molar-refractivity contribution in [2.45, 2.75) is 18.4 Å². The van der Waals surface area contributed by atoms with E-state index < -0.39 is 0 Å². The summed E-state index contributed by atoms with van der Waals surface area (Å²) in [5.41, 5.74) is 4.12. The van der Waals surface area contributed by atoms with Crippen molar-refractivity contribution in [2.24, 2.45) is 0 Å². The van der Waals surface area contributed by atoms with Crippen molar-refractivity contribution in [3.8, 4) is 11.1 Å². The number of rotatable bonds is 3. The van der Waals surface area contributed by atoms with E-state index in [2.05, 4.69) is 28.4 Å². The quantitative estimate of drug-likeness (QED) is 0.466. The minimum atomic E-state index is -0.0450. The van der Waals surface area contributed by atoms with Crippen LogP contribution in [0.1, 0.15) is 24.1 Å². The van der Waals surface area contributed by atoms with E-state index >= 15 is 0 Å². The van der Waals surface area contributed by atoms with E-state index in [1.165, 1.54) is 0 Å². The zero-order chi connectivity index (χ0) is 19.4. The molecule has 0 amide bonds. The van der Waals surface area contributed by atoms with Crippen molar-refractivity contribution in [1.29, 1.82) is 0 Å². The van der Waals surface area contributed by atoms with Gasteiger partial charge < -0.3 is 8.98 Å². The molecule has 1 fully saturated rings. The molecule has 1 aliphatic carbocycles. The molecule has 4 aromatic heterocycles. The highest BCUT2D eigenvalue weighted by Crippen LogP contribution is 2.50. The Balaban J connectivity index is 1.41. The second kappa shape index (κ2) is 6.10. The highest BCUT2D eigenvalue weighted by atomic mass is 16.3. The van der Waals surface area contributed by atoms with Gasteiger partial charge in [0.2, 0.25) is 0 Å². The van der Waals surface area contributed by atoms with Gasteiger partial charge in [-0.25, -0.2) is 0 Å². The first kappa shape index (κ1) is 16.2. The lowest BCUT2D eigenvalue weighted by molar-refractivity contribution is 0.613. The van der Waals surface area contributed by atoms with Crippen molar-refractivity contribution >= 4 is 21.9 Å². The molecule has 6 nitrogen and oxygen atoms in total. The number of aromatic nitrogens is 4. The maximum Gasteiger partial charge on any atom is 0.262 e. The van der Waals surface area contributed by atoms with Crippen LogP contribution in [0.25, 0.3) is 33.0 Å². The average Bonchev–Trinajstić information content (AvgIpc) is 3.44. The molecule has 0 aliphatic heterocycles. The Hall–Kier alpha value is -3.80. The summed E-state index contributed by atoms with van der Waals surface area (Å²) >= 11 is 0. The fourth-order valence-corrected chi connectivity index (χ4v) is 4.08. The van der Waals surface area contributed by atoms with Gasteiger partial charge in [0.1, 0.15) is 5.58 Å². The van der Waals surface area contributed by atoms with Crippen molar-refractivity contribution in [1.82, 2.24) is 19.7 Å². The molecule has 0 N–H and O–H groups in total. The van der Waals surface area contributed by atoms with Crippen LogP contribution in [0.5, 0.6) is 0 Å². The van der Waals surface area contributed by atoms with Crippen LogP contribution in [0.3, 0.4) is 0 Å². The van der Waals surface area contributed by atoms with Gasteiger partial charge in [-0.1, -0.05) is 24.3 Å². The van der Waals surface area contributed by atoms with E-state index in [1.807, 2.05) is 41.1 Å². The molecular formula is C23H16N4O2. The molecule has 0 spiro atoms. The third-order valence-corrected chi connectivity index (χ3v) is 5.66. The van der Waals surface area contributed by atoms with Crippen LogP contribution in [0.2, 0.25) is 0 Å². The third-order valence-electron chi connectivity index (χ3n) is 5.66. The summed E-state index contributed by atoms with van der Waals surface area (Å²) in [6.45, 7) is 0. The second-order valence-corrected chi connectivity index (χ2v) is 7.39. The van der Waals surface area contributed by atoms with Crippen LogP contribution in [-0.2, 0) is 0 Å². The van der Waals surface area contributed by atoms with Gasteiger partial charge in [0.05, 0.1) is 29.6 Å². The minimum Gasteiger partial charge on any atom is -0.463 e. The monoisotopic (exact) mass is 380 g/mol. The van der Waals surface area contributed by atoms with Crippen molar-refractivity contribution < 1.29 is 4.42 Å². The highest BCUT2D eigenvalue weighted by Gasteiger charge is 2.42. The van der Waals surface area contributed by atoms with Crippen molar-refractivity contribution in [2.75, 3.05) is 0 Å². The van der Waals surface area contributed by atoms with Crippen LogP contribution < -0.4 is 5.56 Å². The summed E-state index contributed by atoms with van der Waals surface area (Å²) in [7, 11) is 0. The standard InChI is InChI=1S/C23H16N4O2/c28-23-22-17(15-7-9-24-25-12-15)13-29-21(22)8-10-27(23)20-11-16(20)19-6-5-14-3-1-2-4-18(14)26-19/h1-10,12-13,16,20H,11H2/t16-,20+/m0/s1. The molecule has 29 heavy (non-hydrogen) atoms. The summed E-state index contributed by atoms with van der Waals surface area (Å²) in [4.78, 5) is 18.1. The average molecular weight is 380 g/mol. The Morgan fingerprint density at radius 3 is 2.86 bits per heavy atom. The van der Waals surface area contributed by atoms with Crippen molar-refractivity contribution in [3.05, 3.63) is 89.4 Å². The highest BCUT2D eigenvalue weighted by molar-refractivity contribution is 5.92. The molecule has 6 heteroatoms. The zero-order valence-electron chi connectivity index (χ0n) is 15.4. The second-order valence-electron chi connectivity index (χ2n) is 7.39. The SMILES string of the molecule is O=c1c2c(-c3ccnnc3)coc2ccn1[C@@H]1C[C@H]1c1ccc2ccccc2n1. The number of fused-ring (bicyclic) bond motifs is 2. The van der Waals surface area contributed by atoms with Gasteiger partial charge in [-0.15, -0.1) is 0 Å². The normalized spacial score (nSPS) is 18.3. The molecule has 1 aromatic carbocycles. The molecule has 0 saturated heterocycles. The molecule has 5 aromatic rings. The number of hydrogen-bond donors (Lipinski definition) is 0. The minimum absolute atomic E-state index is 0.0450. The van der Waals surface area contributed by atoms with Crippen LogP contribution >= 0.6 is 0 Å². The Labute approximate surface area is 165 Å². The molecule has 1 saturated carbocycles. The summed E-state index contributed by atoms with van der Waals surface area (Å²) in [6.07, 6.45) is 7.59. The van der Waals surface area contributed by atoms with E-state index in [0.29, 0.717) is 11.0 Å². The van der Waals surface area contributed by atoms with Gasteiger partial charge in [-0.3, -0.25) is 9.78 Å². The molecule has 0 bridgehead atoms. The van der Waals surface area contributed by atoms with Gasteiger partial charge >= 0.3 is 0 Å². The maximum absolute atomic E-state index is 13.3. The number of hydrogen-bond acceptors (Lipinski definition) is 5. The molecule has 6 rings (SSSR count). The smallest absolute Gasteiger partial charge is 0.262 e. The van der Waals surface area contributed by atoms with E-state index in [0.717, 1.165) is 34.1 Å². The number of benzene rings is 1. The summed E-state index contributed by atoms with van der Waals surface area (Å²) in [6, 6.07) is 16.1. The summed E-state index contributed by atoms with van der Waals surface area (Å²) in [5, 5.41) is 9.43. The number of para-hydroxylation sites is 1. The van der Waals surface area contributed by atoms with E-state index in [1.54, 1.807) is 18.7 Å². The molecule has 0 radical (unpaired) electrons. The fourth-order valence-electron chi connectivity index (χ4n) is 4.08. The maximum atomic E-state index is 13.3. The van der Waals surface area contributed by atoms with E-state index in [9.17, 15) is 4.79 Å². The largest absolute Gasteiger partial charge is 0.463 e. The van der Waals surface area contributed by atoms with E-state index in [4.69, 9.17) is 9.40 Å². The lowest BCUT2D eigenvalue weighted by Gasteiger charge is -2.06. The summed E-state index contributed by atoms with van der Waals surface area (Å²) in [5.74, 6) is 0.243. The van der Waals surface area contributed by atoms with Gasteiger partial charge in [-0.2, -0.15) is 10.2 Å². The summed E-state index contributed by atoms with van der Waals surface area (Å²) < 4.78 is 7.44. The molecular weight excluding hydrogens is 364 g/mol. The van der Waals surface area contributed by atoms with Gasteiger partial charge in [0.15, 0.2) is 0 Å². The number of pyridine rings is 2. The first-order chi connectivity index (χ1) is 14.3. The van der Waals surface area contributed by atoms with Gasteiger partial charge in [0.25, 0.3) is 5.56 Å². The number of furan rings is 1. The van der Waals surface area contributed by atoms with Crippen LogP contribution in [0.15, 0.2) is 82.6 Å². The molecule has 0 unspecified atom stereocenters. The molecule has 140 valence electrons. The first-order valence-electron chi connectivity index (χ1n) is 9.55. The molecule has 1 aliphatic rings. The van der Waals surface area contributed by atoms with Crippen LogP contribution in [-0.4, -0.2) is 19.7 Å². The lowest BCUT2D eigenvalue weighted by atomic mass is 10.1. The Kier molecular flexibility index (Phi) is 3.41. The van der Waals surface area contributed by atoms with Crippen molar-refractivity contribution in [3.63, 3.8) is 0 Å². The Bertz CT molecular complexity index is 1420. The lowest BCUT2D eigenvalue weighted by Crippen LogP contribution is -2.19. The molecule has 2 atom stereocenters. The van der Waals surface area contributed by atoms with E-state index in [-0.39, 0.29) is 17.5 Å². The number of nitrogens with zero attached hydrogens (tertiary/aromatic N) is 4. The fraction of sp³-hybridized carbons (Fsp3) is 0.130. The first-order valence-corrected chi connectivity index (χ1v) is 9.55. The predicted molar refractivity (Wildman–Crippen MR) is 110 cm³/mol. The van der Waals surface area contributed by atoms with Gasteiger partial charge in [-0.05, 0) is 30.7 Å². The van der Waals surface area contributed by atoms with Crippen LogP contribution in [0, 0.1) is 0 Å². The Morgan fingerprint density at radius 1 is 1.03 bits per heavy atom. The predicted octanol–water partition coefficient (Wildman–Crippen LogP) is 4.33. The van der Waals surface area contributed by atoms with Crippen LogP contribution in [0.4, 0.5) is 0 Å². The topological polar surface area (TPSA) is 73.8 Å².